The zero-order chi connectivity index (χ0) is 14.6. The fourth-order valence-electron chi connectivity index (χ4n) is 1.32. The summed E-state index contributed by atoms with van der Waals surface area (Å²) in [5.41, 5.74) is 0.221. The van der Waals surface area contributed by atoms with E-state index in [1.165, 1.54) is 33.3 Å². The molecule has 1 rings (SSSR count). The predicted molar refractivity (Wildman–Crippen MR) is 70.4 cm³/mol. The van der Waals surface area contributed by atoms with Crippen molar-refractivity contribution in [2.45, 2.75) is 0 Å². The van der Waals surface area contributed by atoms with Crippen molar-refractivity contribution >= 4 is 21.8 Å². The minimum absolute atomic E-state index is 0.221. The summed E-state index contributed by atoms with van der Waals surface area (Å²) in [5, 5.41) is 2.35. The van der Waals surface area contributed by atoms with Crippen LogP contribution in [0.15, 0.2) is 24.3 Å². The maximum atomic E-state index is 12.9. The molecule has 1 aromatic carbocycles. The molecule has 0 bridgehead atoms. The number of hydrogen-bond acceptors (Lipinski definition) is 3. The maximum absolute atomic E-state index is 12.9. The number of benzene rings is 1. The Labute approximate surface area is 112 Å². The van der Waals surface area contributed by atoms with Gasteiger partial charge in [0.25, 0.3) is 0 Å². The second-order valence-corrected chi connectivity index (χ2v) is 6.01. The zero-order valence-corrected chi connectivity index (χ0v) is 11.7. The lowest BCUT2D eigenvalue weighted by atomic mass is 10.3. The van der Waals surface area contributed by atoms with E-state index in [-0.39, 0.29) is 12.2 Å². The van der Waals surface area contributed by atoms with Crippen LogP contribution in [0, 0.1) is 5.82 Å². The summed E-state index contributed by atoms with van der Waals surface area (Å²) in [6.45, 7) is -0.372. The Morgan fingerprint density at radius 3 is 2.21 bits per heavy atom. The van der Waals surface area contributed by atoms with Crippen molar-refractivity contribution in [3.63, 3.8) is 0 Å². The Kier molecular flexibility index (Phi) is 4.84. The number of amides is 1. The number of likely N-dealkylation sites (N-methyl/N-ethyl adjacent to an activating group) is 1. The molecule has 0 saturated heterocycles. The number of halogens is 1. The Morgan fingerprint density at radius 1 is 1.26 bits per heavy atom. The van der Waals surface area contributed by atoms with Crippen molar-refractivity contribution in [1.82, 2.24) is 9.62 Å². The van der Waals surface area contributed by atoms with E-state index in [9.17, 15) is 17.6 Å². The van der Waals surface area contributed by atoms with Crippen LogP contribution in [-0.4, -0.2) is 46.3 Å². The van der Waals surface area contributed by atoms with E-state index in [0.29, 0.717) is 0 Å². The van der Waals surface area contributed by atoms with Crippen LogP contribution >= 0.6 is 0 Å². The highest BCUT2D eigenvalue weighted by molar-refractivity contribution is 7.90. The third-order valence-corrected chi connectivity index (χ3v) is 4.24. The molecule has 0 saturated carbocycles. The molecular weight excluding hydrogens is 273 g/mol. The second kappa shape index (κ2) is 5.98. The van der Waals surface area contributed by atoms with Gasteiger partial charge in [-0.05, 0) is 24.3 Å². The molecule has 0 radical (unpaired) electrons. The molecule has 0 heterocycles. The molecule has 0 aromatic heterocycles. The highest BCUT2D eigenvalue weighted by Crippen LogP contribution is 2.19. The highest BCUT2D eigenvalue weighted by Gasteiger charge is 2.26. The van der Waals surface area contributed by atoms with Gasteiger partial charge in [0, 0.05) is 21.1 Å². The molecule has 1 aromatic rings. The molecule has 106 valence electrons. The summed E-state index contributed by atoms with van der Waals surface area (Å²) in [7, 11) is 0.297. The number of carbonyl (C=O) groups excluding carboxylic acids is 1. The maximum Gasteiger partial charge on any atom is 0.304 e. The van der Waals surface area contributed by atoms with Gasteiger partial charge < -0.3 is 5.32 Å². The Morgan fingerprint density at radius 2 is 1.79 bits per heavy atom. The topological polar surface area (TPSA) is 69.7 Å². The summed E-state index contributed by atoms with van der Waals surface area (Å²) in [4.78, 5) is 11.4. The quantitative estimate of drug-likeness (QED) is 0.841. The summed E-state index contributed by atoms with van der Waals surface area (Å²) in [6.07, 6.45) is 0. The van der Waals surface area contributed by atoms with Gasteiger partial charge in [0.15, 0.2) is 0 Å². The van der Waals surface area contributed by atoms with Crippen LogP contribution < -0.4 is 9.62 Å². The lowest BCUT2D eigenvalue weighted by Crippen LogP contribution is -2.45. The molecule has 0 fully saturated rings. The zero-order valence-electron chi connectivity index (χ0n) is 10.9. The molecule has 0 aliphatic rings. The van der Waals surface area contributed by atoms with Crippen molar-refractivity contribution in [2.75, 3.05) is 32.0 Å². The van der Waals surface area contributed by atoms with Crippen LogP contribution in [-0.2, 0) is 15.0 Å². The minimum Gasteiger partial charge on any atom is -0.358 e. The standard InChI is InChI=1S/C11H16FN3O3S/c1-13-11(16)8-15(19(17,18)14(2)3)10-6-4-9(12)5-7-10/h4-7H,8H2,1-3H3,(H,13,16). The molecule has 0 atom stereocenters. The summed E-state index contributed by atoms with van der Waals surface area (Å²) in [5.74, 6) is -0.944. The van der Waals surface area contributed by atoms with Crippen LogP contribution in [0.1, 0.15) is 0 Å². The highest BCUT2D eigenvalue weighted by atomic mass is 32.2. The van der Waals surface area contributed by atoms with Crippen molar-refractivity contribution in [2.24, 2.45) is 0 Å². The molecule has 1 N–H and O–H groups in total. The van der Waals surface area contributed by atoms with Gasteiger partial charge in [0.1, 0.15) is 12.4 Å². The predicted octanol–water partition coefficient (Wildman–Crippen LogP) is 0.184. The Balaban J connectivity index is 3.20. The van der Waals surface area contributed by atoms with E-state index in [4.69, 9.17) is 0 Å². The van der Waals surface area contributed by atoms with Crippen LogP contribution in [0.25, 0.3) is 0 Å². The summed E-state index contributed by atoms with van der Waals surface area (Å²) < 4.78 is 39.1. The van der Waals surface area contributed by atoms with Gasteiger partial charge in [0.2, 0.25) is 5.91 Å². The largest absolute Gasteiger partial charge is 0.358 e. The average Bonchev–Trinajstić information content (AvgIpc) is 2.36. The minimum atomic E-state index is -3.83. The van der Waals surface area contributed by atoms with Gasteiger partial charge in [-0.25, -0.2) is 8.70 Å². The fraction of sp³-hybridized carbons (Fsp3) is 0.364. The third kappa shape index (κ3) is 3.65. The van der Waals surface area contributed by atoms with Crippen molar-refractivity contribution in [1.29, 1.82) is 0 Å². The van der Waals surface area contributed by atoms with E-state index in [1.54, 1.807) is 0 Å². The summed E-state index contributed by atoms with van der Waals surface area (Å²) >= 11 is 0. The van der Waals surface area contributed by atoms with Crippen molar-refractivity contribution < 1.29 is 17.6 Å². The third-order valence-electron chi connectivity index (χ3n) is 2.42. The van der Waals surface area contributed by atoms with E-state index >= 15 is 0 Å². The second-order valence-electron chi connectivity index (χ2n) is 3.95. The van der Waals surface area contributed by atoms with E-state index < -0.39 is 21.9 Å². The van der Waals surface area contributed by atoms with Crippen molar-refractivity contribution in [3.05, 3.63) is 30.1 Å². The van der Waals surface area contributed by atoms with Gasteiger partial charge >= 0.3 is 10.2 Å². The van der Waals surface area contributed by atoms with Gasteiger partial charge in [-0.3, -0.25) is 4.79 Å². The Hall–Kier alpha value is -1.67. The first-order valence-electron chi connectivity index (χ1n) is 5.45. The number of hydrogen-bond donors (Lipinski definition) is 1. The van der Waals surface area contributed by atoms with E-state index in [1.807, 2.05) is 0 Å². The van der Waals surface area contributed by atoms with Crippen LogP contribution in [0.4, 0.5) is 10.1 Å². The number of rotatable bonds is 5. The number of nitrogens with zero attached hydrogens (tertiary/aromatic N) is 2. The molecule has 19 heavy (non-hydrogen) atoms. The number of anilines is 1. The number of carbonyl (C=O) groups is 1. The average molecular weight is 289 g/mol. The number of nitrogens with one attached hydrogen (secondary N) is 1. The van der Waals surface area contributed by atoms with Crippen molar-refractivity contribution in [3.8, 4) is 0 Å². The van der Waals surface area contributed by atoms with Crippen LogP contribution in [0.2, 0.25) is 0 Å². The normalized spacial score (nSPS) is 11.4. The molecule has 8 heteroatoms. The van der Waals surface area contributed by atoms with Crippen LogP contribution in [0.3, 0.4) is 0 Å². The van der Waals surface area contributed by atoms with Gasteiger partial charge in [-0.1, -0.05) is 0 Å². The first-order valence-corrected chi connectivity index (χ1v) is 6.85. The van der Waals surface area contributed by atoms with Gasteiger partial charge in [-0.15, -0.1) is 0 Å². The first kappa shape index (κ1) is 15.4. The molecule has 0 aliphatic heterocycles. The smallest absolute Gasteiger partial charge is 0.304 e. The molecule has 6 nitrogen and oxygen atoms in total. The Bertz CT molecular complexity index is 543. The molecular formula is C11H16FN3O3S. The van der Waals surface area contributed by atoms with E-state index in [2.05, 4.69) is 5.32 Å². The molecule has 1 amide bonds. The molecule has 0 spiro atoms. The molecule has 0 aliphatic carbocycles. The SMILES string of the molecule is CNC(=O)CN(c1ccc(F)cc1)S(=O)(=O)N(C)C. The van der Waals surface area contributed by atoms with Crippen LogP contribution in [0.5, 0.6) is 0 Å². The monoisotopic (exact) mass is 289 g/mol. The first-order chi connectivity index (χ1) is 8.78. The van der Waals surface area contributed by atoms with E-state index in [0.717, 1.165) is 20.7 Å². The van der Waals surface area contributed by atoms with Gasteiger partial charge in [0.05, 0.1) is 5.69 Å². The van der Waals surface area contributed by atoms with Gasteiger partial charge in [-0.2, -0.15) is 12.7 Å². The lowest BCUT2D eigenvalue weighted by Gasteiger charge is -2.26. The lowest BCUT2D eigenvalue weighted by molar-refractivity contribution is -0.119. The summed E-state index contributed by atoms with van der Waals surface area (Å²) in [6, 6.07) is 4.88. The molecule has 0 unspecified atom stereocenters. The fourth-order valence-corrected chi connectivity index (χ4v) is 2.38.